The third kappa shape index (κ3) is 3.40. The summed E-state index contributed by atoms with van der Waals surface area (Å²) in [7, 11) is 2.58. The van der Waals surface area contributed by atoms with Crippen LogP contribution in [0.4, 0.5) is 14.5 Å². The molecule has 2 heterocycles. The van der Waals surface area contributed by atoms with Crippen LogP contribution < -0.4 is 10.3 Å². The molecule has 2 fully saturated rings. The number of pyridine rings is 1. The summed E-state index contributed by atoms with van der Waals surface area (Å²) < 4.78 is 26.3. The quantitative estimate of drug-likeness (QED) is 0.834. The fraction of sp³-hybridized carbons (Fsp3) is 0.526. The number of hydrogen-bond acceptors (Lipinski definition) is 3. The molecule has 0 N–H and O–H groups in total. The lowest BCUT2D eigenvalue weighted by atomic mass is 10.1. The minimum Gasteiger partial charge on any atom is -0.367 e. The van der Waals surface area contributed by atoms with Gasteiger partial charge < -0.3 is 14.4 Å². The zero-order chi connectivity index (χ0) is 18.1. The van der Waals surface area contributed by atoms with E-state index < -0.39 is 0 Å². The van der Waals surface area contributed by atoms with Crippen LogP contribution in [0.5, 0.6) is 0 Å². The van der Waals surface area contributed by atoms with Gasteiger partial charge in [0.05, 0.1) is 18.4 Å². The first-order chi connectivity index (χ1) is 12.0. The van der Waals surface area contributed by atoms with Gasteiger partial charge in [0.15, 0.2) is 5.43 Å². The Morgan fingerprint density at radius 3 is 2.32 bits per heavy atom. The van der Waals surface area contributed by atoms with Gasteiger partial charge in [-0.3, -0.25) is 9.18 Å². The highest BCUT2D eigenvalue weighted by atomic mass is 19.1. The second-order valence-corrected chi connectivity index (χ2v) is 6.89. The summed E-state index contributed by atoms with van der Waals surface area (Å²) in [5.41, 5.74) is 2.14. The Bertz CT molecular complexity index is 822. The molecule has 136 valence electrons. The van der Waals surface area contributed by atoms with E-state index in [4.69, 9.17) is 0 Å². The molecule has 2 aromatic rings. The highest BCUT2D eigenvalue weighted by molar-refractivity contribution is 5.84. The zero-order valence-corrected chi connectivity index (χ0v) is 15.1. The Morgan fingerprint density at radius 1 is 1.08 bits per heavy atom. The normalized spacial score (nSPS) is 18.2. The summed E-state index contributed by atoms with van der Waals surface area (Å²) in [5, 5.41) is 0.507. The summed E-state index contributed by atoms with van der Waals surface area (Å²) in [6.45, 7) is 5.31. The van der Waals surface area contributed by atoms with Crippen LogP contribution in [-0.4, -0.2) is 49.9 Å². The van der Waals surface area contributed by atoms with E-state index in [0.717, 1.165) is 44.5 Å². The lowest BCUT2D eigenvalue weighted by Crippen LogP contribution is -2.44. The van der Waals surface area contributed by atoms with E-state index in [1.165, 1.54) is 6.07 Å². The predicted octanol–water partition coefficient (Wildman–Crippen LogP) is 3.12. The maximum Gasteiger partial charge on any atom is 0.192 e. The number of halogens is 2. The SMILES string of the molecule is CF.Cc1cn(C2CC2)c2cc(N3CCN(C)CC3)c(F)cc2c1=O. The van der Waals surface area contributed by atoms with Gasteiger partial charge in [0.2, 0.25) is 0 Å². The molecular weight excluding hydrogens is 324 g/mol. The molecule has 0 spiro atoms. The third-order valence-electron chi connectivity index (χ3n) is 5.06. The standard InChI is InChI=1S/C18H22FN3O.CH3F/c1-12-11-22(13-3-4-13)16-10-17(15(19)9-14(16)18(12)23)21-7-5-20(2)6-8-21;1-2/h9-11,13H,3-8H2,1-2H3;1H3. The van der Waals surface area contributed by atoms with Gasteiger partial charge >= 0.3 is 0 Å². The molecule has 1 aromatic carbocycles. The van der Waals surface area contributed by atoms with E-state index in [9.17, 15) is 13.6 Å². The molecule has 4 rings (SSSR count). The first-order valence-corrected chi connectivity index (χ1v) is 8.71. The summed E-state index contributed by atoms with van der Waals surface area (Å²) in [5.74, 6) is -0.285. The summed E-state index contributed by atoms with van der Waals surface area (Å²) in [6.07, 6.45) is 4.21. The molecule has 1 saturated heterocycles. The van der Waals surface area contributed by atoms with Gasteiger partial charge in [0.1, 0.15) is 5.82 Å². The van der Waals surface area contributed by atoms with Gasteiger partial charge in [0.25, 0.3) is 0 Å². The van der Waals surface area contributed by atoms with Crippen molar-refractivity contribution in [3.05, 3.63) is 39.9 Å². The van der Waals surface area contributed by atoms with Gasteiger partial charge in [0, 0.05) is 49.4 Å². The highest BCUT2D eigenvalue weighted by Gasteiger charge is 2.26. The number of aryl methyl sites for hydroxylation is 1. The fourth-order valence-electron chi connectivity index (χ4n) is 3.44. The van der Waals surface area contributed by atoms with Crippen LogP contribution in [0.15, 0.2) is 23.1 Å². The Labute approximate surface area is 146 Å². The molecule has 1 aliphatic carbocycles. The maximum atomic E-state index is 14.7. The van der Waals surface area contributed by atoms with Crippen molar-refractivity contribution >= 4 is 16.6 Å². The van der Waals surface area contributed by atoms with E-state index in [1.807, 2.05) is 19.2 Å². The molecule has 0 atom stereocenters. The van der Waals surface area contributed by atoms with E-state index >= 15 is 0 Å². The van der Waals surface area contributed by atoms with E-state index in [0.29, 0.717) is 29.9 Å². The van der Waals surface area contributed by atoms with Crippen molar-refractivity contribution in [1.29, 1.82) is 0 Å². The Balaban J connectivity index is 0.000000880. The van der Waals surface area contributed by atoms with Crippen molar-refractivity contribution in [3.63, 3.8) is 0 Å². The number of likely N-dealkylation sites (N-methyl/N-ethyl adjacent to an activating group) is 1. The number of fused-ring (bicyclic) bond motifs is 1. The average molecular weight is 349 g/mol. The van der Waals surface area contributed by atoms with E-state index in [1.54, 1.807) is 0 Å². The van der Waals surface area contributed by atoms with Crippen LogP contribution in [0.1, 0.15) is 24.4 Å². The lowest BCUT2D eigenvalue weighted by Gasteiger charge is -2.34. The first-order valence-electron chi connectivity index (χ1n) is 8.71. The molecule has 1 saturated carbocycles. The summed E-state index contributed by atoms with van der Waals surface area (Å²) in [4.78, 5) is 16.7. The van der Waals surface area contributed by atoms with Gasteiger partial charge in [-0.1, -0.05) is 0 Å². The Morgan fingerprint density at radius 2 is 1.72 bits per heavy atom. The van der Waals surface area contributed by atoms with Crippen LogP contribution in [-0.2, 0) is 0 Å². The molecule has 6 heteroatoms. The van der Waals surface area contributed by atoms with Crippen molar-refractivity contribution in [2.75, 3.05) is 45.3 Å². The molecule has 0 bridgehead atoms. The molecule has 2 aliphatic rings. The van der Waals surface area contributed by atoms with Crippen molar-refractivity contribution in [1.82, 2.24) is 9.47 Å². The number of hydrogen-bond donors (Lipinski definition) is 0. The predicted molar refractivity (Wildman–Crippen MR) is 97.9 cm³/mol. The molecule has 1 aromatic heterocycles. The largest absolute Gasteiger partial charge is 0.367 e. The van der Waals surface area contributed by atoms with Gasteiger partial charge in [-0.05, 0) is 38.9 Å². The van der Waals surface area contributed by atoms with E-state index in [-0.39, 0.29) is 11.2 Å². The first kappa shape index (κ1) is 17.9. The molecular formula is C19H25F2N3O. The van der Waals surface area contributed by atoms with Crippen molar-refractivity contribution in [2.24, 2.45) is 0 Å². The maximum absolute atomic E-state index is 14.7. The second-order valence-electron chi connectivity index (χ2n) is 6.89. The summed E-state index contributed by atoms with van der Waals surface area (Å²) in [6, 6.07) is 3.79. The van der Waals surface area contributed by atoms with Crippen molar-refractivity contribution < 1.29 is 8.78 Å². The Hall–Kier alpha value is -1.95. The number of benzene rings is 1. The number of piperazine rings is 1. The highest BCUT2D eigenvalue weighted by Crippen LogP contribution is 2.38. The molecule has 0 radical (unpaired) electrons. The van der Waals surface area contributed by atoms with Crippen LogP contribution in [0.2, 0.25) is 0 Å². The van der Waals surface area contributed by atoms with Gasteiger partial charge in [-0.2, -0.15) is 0 Å². The van der Waals surface area contributed by atoms with Crippen LogP contribution >= 0.6 is 0 Å². The minimum absolute atomic E-state index is 0.0549. The summed E-state index contributed by atoms with van der Waals surface area (Å²) >= 11 is 0. The number of aromatic nitrogens is 1. The average Bonchev–Trinajstić information content (AvgIpc) is 3.46. The molecule has 0 amide bonds. The Kier molecular flexibility index (Phi) is 5.08. The topological polar surface area (TPSA) is 28.5 Å². The minimum atomic E-state index is -0.285. The van der Waals surface area contributed by atoms with Crippen molar-refractivity contribution in [2.45, 2.75) is 25.8 Å². The second kappa shape index (κ2) is 7.12. The molecule has 0 unspecified atom stereocenters. The van der Waals surface area contributed by atoms with Crippen molar-refractivity contribution in [3.8, 4) is 0 Å². The molecule has 1 aliphatic heterocycles. The number of nitrogens with zero attached hydrogens (tertiary/aromatic N) is 3. The lowest BCUT2D eigenvalue weighted by molar-refractivity contribution is 0.312. The van der Waals surface area contributed by atoms with Crippen LogP contribution in [0, 0.1) is 12.7 Å². The fourth-order valence-corrected chi connectivity index (χ4v) is 3.44. The van der Waals surface area contributed by atoms with Crippen LogP contribution in [0.25, 0.3) is 10.9 Å². The number of rotatable bonds is 2. The number of alkyl halides is 1. The third-order valence-corrected chi connectivity index (χ3v) is 5.06. The molecule has 25 heavy (non-hydrogen) atoms. The van der Waals surface area contributed by atoms with Gasteiger partial charge in [-0.25, -0.2) is 4.39 Å². The van der Waals surface area contributed by atoms with Gasteiger partial charge in [-0.15, -0.1) is 0 Å². The number of anilines is 1. The molecule has 4 nitrogen and oxygen atoms in total. The monoisotopic (exact) mass is 349 g/mol. The van der Waals surface area contributed by atoms with Crippen LogP contribution in [0.3, 0.4) is 0 Å². The van der Waals surface area contributed by atoms with E-state index in [2.05, 4.69) is 21.4 Å². The smallest absolute Gasteiger partial charge is 0.192 e. The zero-order valence-electron chi connectivity index (χ0n) is 15.1.